The number of carbonyl (C=O) groups excluding carboxylic acids is 1. The second kappa shape index (κ2) is 11.0. The molecular weight excluding hydrogens is 418 g/mol. The number of aromatic hydroxyl groups is 1. The van der Waals surface area contributed by atoms with E-state index < -0.39 is 0 Å². The Hall–Kier alpha value is -4.09. The van der Waals surface area contributed by atoms with Gasteiger partial charge in [0.05, 0.1) is 29.2 Å². The number of likely N-dealkylation sites (tertiary alicyclic amines) is 1. The number of pyridine rings is 1. The maximum absolute atomic E-state index is 11.0. The number of rotatable bonds is 10. The van der Waals surface area contributed by atoms with Crippen molar-refractivity contribution in [2.45, 2.75) is 6.42 Å². The van der Waals surface area contributed by atoms with Crippen LogP contribution >= 0.6 is 0 Å². The number of phenolic OH excluding ortho intramolecular Hbond substituents is 1. The highest BCUT2D eigenvalue weighted by atomic mass is 16.5. The van der Waals surface area contributed by atoms with E-state index in [0.717, 1.165) is 19.5 Å². The molecule has 8 nitrogen and oxygen atoms in total. The highest BCUT2D eigenvalue weighted by Crippen LogP contribution is 2.30. The van der Waals surface area contributed by atoms with Crippen LogP contribution in [0.5, 0.6) is 5.75 Å². The Morgan fingerprint density at radius 2 is 2.18 bits per heavy atom. The molecule has 1 saturated heterocycles. The normalized spacial score (nSPS) is 16.0. The number of anilines is 2. The molecular formula is C25H27N5O3. The van der Waals surface area contributed by atoms with Crippen molar-refractivity contribution in [3.8, 4) is 11.8 Å². The molecule has 1 aromatic carbocycles. The number of benzene rings is 1. The molecule has 1 aliphatic heterocycles. The average molecular weight is 446 g/mol. The van der Waals surface area contributed by atoms with Crippen LogP contribution in [0, 0.1) is 17.2 Å². The van der Waals surface area contributed by atoms with E-state index in [1.54, 1.807) is 36.4 Å². The molecule has 3 N–H and O–H groups in total. The lowest BCUT2D eigenvalue weighted by atomic mass is 10.1. The van der Waals surface area contributed by atoms with Gasteiger partial charge in [0.15, 0.2) is 0 Å². The van der Waals surface area contributed by atoms with Crippen LogP contribution in [-0.2, 0) is 9.53 Å². The summed E-state index contributed by atoms with van der Waals surface area (Å²) in [7, 11) is 2.07. The predicted molar refractivity (Wildman–Crippen MR) is 128 cm³/mol. The van der Waals surface area contributed by atoms with Gasteiger partial charge in [-0.15, -0.1) is 0 Å². The Morgan fingerprint density at radius 1 is 1.42 bits per heavy atom. The lowest BCUT2D eigenvalue weighted by Gasteiger charge is -2.17. The summed E-state index contributed by atoms with van der Waals surface area (Å²) in [4.78, 5) is 17.7. The van der Waals surface area contributed by atoms with Gasteiger partial charge in [-0.05, 0) is 44.3 Å². The number of hydrogen-bond donors (Lipinski definition) is 3. The molecule has 0 saturated carbocycles. The number of nitrogens with one attached hydrogen (secondary N) is 2. The Bertz CT molecular complexity index is 1100. The Kier molecular flexibility index (Phi) is 7.84. The van der Waals surface area contributed by atoms with E-state index >= 15 is 0 Å². The smallest absolute Gasteiger partial charge is 0.211 e. The summed E-state index contributed by atoms with van der Waals surface area (Å²) >= 11 is 0. The highest BCUT2D eigenvalue weighted by Gasteiger charge is 2.21. The van der Waals surface area contributed by atoms with E-state index in [1.165, 1.54) is 6.20 Å². The van der Waals surface area contributed by atoms with Crippen molar-refractivity contribution in [2.75, 3.05) is 32.1 Å². The topological polar surface area (TPSA) is 111 Å². The van der Waals surface area contributed by atoms with Gasteiger partial charge in [-0.25, -0.2) is 0 Å². The van der Waals surface area contributed by atoms with Gasteiger partial charge in [-0.2, -0.15) is 5.26 Å². The van der Waals surface area contributed by atoms with Gasteiger partial charge in [0.1, 0.15) is 17.6 Å². The molecule has 170 valence electrons. The van der Waals surface area contributed by atoms with E-state index in [-0.39, 0.29) is 5.75 Å². The SMILES string of the molecule is C=Cc1c(/C=C(/OCC2CCN(C)C2)C(=C)NC=O)ncc(C#N)c1Nc1ccc(O)cc1. The van der Waals surface area contributed by atoms with Crippen LogP contribution in [0.3, 0.4) is 0 Å². The first-order chi connectivity index (χ1) is 15.9. The predicted octanol–water partition coefficient (Wildman–Crippen LogP) is 3.61. The zero-order valence-corrected chi connectivity index (χ0v) is 18.5. The summed E-state index contributed by atoms with van der Waals surface area (Å²) in [5, 5.41) is 24.9. The van der Waals surface area contributed by atoms with Gasteiger partial charge in [0.2, 0.25) is 6.41 Å². The molecule has 33 heavy (non-hydrogen) atoms. The Morgan fingerprint density at radius 3 is 2.79 bits per heavy atom. The molecule has 0 bridgehead atoms. The monoisotopic (exact) mass is 445 g/mol. The van der Waals surface area contributed by atoms with Gasteiger partial charge >= 0.3 is 0 Å². The molecule has 1 unspecified atom stereocenters. The van der Waals surface area contributed by atoms with Gasteiger partial charge < -0.3 is 25.4 Å². The van der Waals surface area contributed by atoms with Crippen LogP contribution in [-0.4, -0.2) is 48.1 Å². The summed E-state index contributed by atoms with van der Waals surface area (Å²) in [5.74, 6) is 0.897. The number of aromatic nitrogens is 1. The zero-order chi connectivity index (χ0) is 23.8. The molecule has 8 heteroatoms. The molecule has 0 aliphatic carbocycles. The summed E-state index contributed by atoms with van der Waals surface area (Å²) in [6.07, 6.45) is 6.31. The van der Waals surface area contributed by atoms with E-state index in [0.29, 0.717) is 58.6 Å². The van der Waals surface area contributed by atoms with Gasteiger partial charge in [0, 0.05) is 36.0 Å². The van der Waals surface area contributed by atoms with Crippen LogP contribution in [0.15, 0.2) is 55.1 Å². The number of nitriles is 1. The molecule has 0 spiro atoms. The maximum atomic E-state index is 11.0. The lowest BCUT2D eigenvalue weighted by Crippen LogP contribution is -2.19. The fourth-order valence-corrected chi connectivity index (χ4v) is 3.62. The van der Waals surface area contributed by atoms with Crippen LogP contribution in [0.2, 0.25) is 0 Å². The van der Waals surface area contributed by atoms with Gasteiger partial charge in [0.25, 0.3) is 0 Å². The summed E-state index contributed by atoms with van der Waals surface area (Å²) in [6, 6.07) is 8.62. The van der Waals surface area contributed by atoms with Crippen LogP contribution in [0.1, 0.15) is 23.2 Å². The maximum Gasteiger partial charge on any atom is 0.211 e. The van der Waals surface area contributed by atoms with Crippen molar-refractivity contribution in [3.05, 3.63) is 71.9 Å². The minimum atomic E-state index is 0.139. The summed E-state index contributed by atoms with van der Waals surface area (Å²) < 4.78 is 6.05. The molecule has 1 aliphatic rings. The van der Waals surface area contributed by atoms with E-state index in [1.807, 2.05) is 0 Å². The third kappa shape index (κ3) is 5.99. The Labute approximate surface area is 193 Å². The fourth-order valence-electron chi connectivity index (χ4n) is 3.62. The van der Waals surface area contributed by atoms with E-state index in [4.69, 9.17) is 4.74 Å². The number of ether oxygens (including phenoxy) is 1. The minimum absolute atomic E-state index is 0.139. The van der Waals surface area contributed by atoms with Crippen molar-refractivity contribution in [2.24, 2.45) is 5.92 Å². The highest BCUT2D eigenvalue weighted by molar-refractivity contribution is 5.81. The largest absolute Gasteiger partial charge is 0.508 e. The third-order valence-electron chi connectivity index (χ3n) is 5.37. The summed E-state index contributed by atoms with van der Waals surface area (Å²) in [5.41, 5.74) is 2.93. The number of carbonyl (C=O) groups is 1. The number of phenols is 1. The first kappa shape index (κ1) is 23.6. The second-order valence-corrected chi connectivity index (χ2v) is 7.81. The number of nitrogens with zero attached hydrogens (tertiary/aromatic N) is 3. The van der Waals surface area contributed by atoms with Crippen molar-refractivity contribution >= 4 is 29.9 Å². The molecule has 1 aromatic heterocycles. The average Bonchev–Trinajstić information content (AvgIpc) is 3.23. The van der Waals surface area contributed by atoms with Crippen LogP contribution in [0.4, 0.5) is 11.4 Å². The standard InChI is InChI=1S/C25H27N5O3/c1-4-22-23(11-24(17(2)28-16-31)33-15-18-9-10-30(3)14-18)27-13-19(12-26)25(22)29-20-5-7-21(32)8-6-20/h4-8,11,13,16,18,32H,1-2,9-10,14-15H2,3H3,(H,27,29)(H,28,31)/b24-11+. The molecule has 1 fully saturated rings. The molecule has 3 rings (SSSR count). The summed E-state index contributed by atoms with van der Waals surface area (Å²) in [6.45, 7) is 10.2. The molecule has 1 atom stereocenters. The van der Waals surface area contributed by atoms with Crippen molar-refractivity contribution in [1.29, 1.82) is 5.26 Å². The number of amides is 1. The van der Waals surface area contributed by atoms with Crippen LogP contribution in [0.25, 0.3) is 12.2 Å². The molecule has 2 heterocycles. The van der Waals surface area contributed by atoms with Crippen LogP contribution < -0.4 is 10.6 Å². The lowest BCUT2D eigenvalue weighted by molar-refractivity contribution is -0.109. The van der Waals surface area contributed by atoms with Crippen molar-refractivity contribution < 1.29 is 14.6 Å². The van der Waals surface area contributed by atoms with Crippen molar-refractivity contribution in [3.63, 3.8) is 0 Å². The zero-order valence-electron chi connectivity index (χ0n) is 18.5. The molecule has 1 amide bonds. The second-order valence-electron chi connectivity index (χ2n) is 7.81. The first-order valence-electron chi connectivity index (χ1n) is 10.5. The van der Waals surface area contributed by atoms with Crippen molar-refractivity contribution in [1.82, 2.24) is 15.2 Å². The molecule has 0 radical (unpaired) electrons. The first-order valence-corrected chi connectivity index (χ1v) is 10.5. The minimum Gasteiger partial charge on any atom is -0.508 e. The van der Waals surface area contributed by atoms with Gasteiger partial charge in [-0.3, -0.25) is 9.78 Å². The molecule has 2 aromatic rings. The Balaban J connectivity index is 1.97. The quantitative estimate of drug-likeness (QED) is 0.222. The van der Waals surface area contributed by atoms with Gasteiger partial charge in [-0.1, -0.05) is 19.2 Å². The fraction of sp³-hybridized carbons (Fsp3) is 0.240. The number of hydrogen-bond acceptors (Lipinski definition) is 7. The third-order valence-corrected chi connectivity index (χ3v) is 5.37. The van der Waals surface area contributed by atoms with E-state index in [2.05, 4.69) is 46.8 Å². The van der Waals surface area contributed by atoms with E-state index in [9.17, 15) is 15.2 Å².